The third kappa shape index (κ3) is 2.63. The molecule has 0 aliphatic carbocycles. The fourth-order valence-electron chi connectivity index (χ4n) is 3.34. The molecule has 2 fully saturated rings. The number of nitrogens with one attached hydrogen (secondary N) is 1. The van der Waals surface area contributed by atoms with Crippen molar-refractivity contribution in [3.63, 3.8) is 0 Å². The second kappa shape index (κ2) is 5.32. The zero-order chi connectivity index (χ0) is 12.5. The molecule has 3 heteroatoms. The van der Waals surface area contributed by atoms with E-state index in [4.69, 9.17) is 0 Å². The molecule has 3 rings (SSSR count). The summed E-state index contributed by atoms with van der Waals surface area (Å²) in [5.74, 6) is 0.872. The van der Waals surface area contributed by atoms with Crippen LogP contribution in [0, 0.1) is 5.92 Å². The summed E-state index contributed by atoms with van der Waals surface area (Å²) in [4.78, 5) is 2.60. The number of fused-ring (bicyclic) bond motifs is 2. The summed E-state index contributed by atoms with van der Waals surface area (Å²) in [6.07, 6.45) is 2.69. The zero-order valence-electron chi connectivity index (χ0n) is 10.9. The van der Waals surface area contributed by atoms with Crippen molar-refractivity contribution in [2.45, 2.75) is 31.8 Å². The number of rotatable bonds is 3. The van der Waals surface area contributed by atoms with Gasteiger partial charge in [-0.1, -0.05) is 28.1 Å². The van der Waals surface area contributed by atoms with Gasteiger partial charge in [0.1, 0.15) is 0 Å². The van der Waals surface area contributed by atoms with E-state index in [0.717, 1.165) is 10.4 Å². The summed E-state index contributed by atoms with van der Waals surface area (Å²) in [5, 5.41) is 3.84. The van der Waals surface area contributed by atoms with Crippen molar-refractivity contribution >= 4 is 15.9 Å². The maximum Gasteiger partial charge on any atom is 0.0294 e. The third-order valence-electron chi connectivity index (χ3n) is 4.47. The first-order chi connectivity index (χ1) is 8.72. The monoisotopic (exact) mass is 308 g/mol. The van der Waals surface area contributed by atoms with Gasteiger partial charge in [-0.3, -0.25) is 0 Å². The molecule has 2 saturated heterocycles. The molecule has 2 nitrogen and oxygen atoms in total. The first-order valence-electron chi connectivity index (χ1n) is 6.96. The Bertz CT molecular complexity index is 403. The molecule has 1 N–H and O–H groups in total. The van der Waals surface area contributed by atoms with E-state index in [2.05, 4.69) is 57.3 Å². The maximum atomic E-state index is 3.84. The van der Waals surface area contributed by atoms with Crippen molar-refractivity contribution in [2.75, 3.05) is 19.6 Å². The normalized spacial score (nSPS) is 32.4. The first-order valence-corrected chi connectivity index (χ1v) is 7.75. The van der Waals surface area contributed by atoms with Gasteiger partial charge in [-0.15, -0.1) is 0 Å². The van der Waals surface area contributed by atoms with Crippen molar-refractivity contribution in [1.82, 2.24) is 10.2 Å². The molecule has 98 valence electrons. The number of piperidine rings is 1. The van der Waals surface area contributed by atoms with Crippen molar-refractivity contribution in [1.29, 1.82) is 0 Å². The standard InChI is InChI=1S/C15H21BrN2/c1-11(12-2-4-14(16)5-3-12)17-15-7-9-18-8-6-13(15)10-18/h2-5,11,13,15,17H,6-10H2,1H3/t11-,13?,15?/m1/s1. The Morgan fingerprint density at radius 1 is 1.22 bits per heavy atom. The van der Waals surface area contributed by atoms with Crippen LogP contribution in [0.15, 0.2) is 28.7 Å². The quantitative estimate of drug-likeness (QED) is 0.922. The van der Waals surface area contributed by atoms with Gasteiger partial charge < -0.3 is 10.2 Å². The zero-order valence-corrected chi connectivity index (χ0v) is 12.5. The highest BCUT2D eigenvalue weighted by Gasteiger charge is 2.34. The smallest absolute Gasteiger partial charge is 0.0294 e. The summed E-state index contributed by atoms with van der Waals surface area (Å²) in [5.41, 5.74) is 1.39. The fourth-order valence-corrected chi connectivity index (χ4v) is 3.60. The van der Waals surface area contributed by atoms with Crippen LogP contribution in [0.2, 0.25) is 0 Å². The Kier molecular flexibility index (Phi) is 3.73. The van der Waals surface area contributed by atoms with Gasteiger partial charge in [-0.25, -0.2) is 0 Å². The van der Waals surface area contributed by atoms with Crippen molar-refractivity contribution in [2.24, 2.45) is 5.92 Å². The summed E-state index contributed by atoms with van der Waals surface area (Å²) < 4.78 is 1.16. The fraction of sp³-hybridized carbons (Fsp3) is 0.600. The highest BCUT2D eigenvalue weighted by molar-refractivity contribution is 9.10. The Morgan fingerprint density at radius 2 is 1.94 bits per heavy atom. The van der Waals surface area contributed by atoms with Gasteiger partial charge in [0, 0.05) is 23.1 Å². The summed E-state index contributed by atoms with van der Waals surface area (Å²) in [6.45, 7) is 6.19. The lowest BCUT2D eigenvalue weighted by Gasteiger charge is -2.33. The average Bonchev–Trinajstić information content (AvgIpc) is 2.76. The van der Waals surface area contributed by atoms with Gasteiger partial charge >= 0.3 is 0 Å². The van der Waals surface area contributed by atoms with Gasteiger partial charge in [0.2, 0.25) is 0 Å². The highest BCUT2D eigenvalue weighted by atomic mass is 79.9. The van der Waals surface area contributed by atoms with Crippen LogP contribution in [-0.4, -0.2) is 30.6 Å². The number of benzene rings is 1. The molecule has 2 aliphatic heterocycles. The number of hydrogen-bond acceptors (Lipinski definition) is 2. The van der Waals surface area contributed by atoms with Crippen molar-refractivity contribution in [3.8, 4) is 0 Å². The van der Waals surface area contributed by atoms with E-state index in [-0.39, 0.29) is 0 Å². The predicted molar refractivity (Wildman–Crippen MR) is 78.6 cm³/mol. The van der Waals surface area contributed by atoms with Crippen LogP contribution in [0.25, 0.3) is 0 Å². The van der Waals surface area contributed by atoms with Crippen LogP contribution in [0.3, 0.4) is 0 Å². The molecule has 0 saturated carbocycles. The Labute approximate surface area is 118 Å². The second-order valence-corrected chi connectivity index (χ2v) is 6.60. The van der Waals surface area contributed by atoms with Gasteiger partial charge in [0.05, 0.1) is 0 Å². The SMILES string of the molecule is C[C@@H](NC1CCN2CCC1C2)c1ccc(Br)cc1. The van der Waals surface area contributed by atoms with E-state index < -0.39 is 0 Å². The Balaban J connectivity index is 1.63. The minimum atomic E-state index is 0.454. The van der Waals surface area contributed by atoms with Crippen LogP contribution >= 0.6 is 15.9 Å². The molecular formula is C15H21BrN2. The summed E-state index contributed by atoms with van der Waals surface area (Å²) in [6, 6.07) is 9.85. The van der Waals surface area contributed by atoms with Crippen molar-refractivity contribution in [3.05, 3.63) is 34.3 Å². The molecule has 1 aromatic carbocycles. The van der Waals surface area contributed by atoms with Crippen LogP contribution in [0.4, 0.5) is 0 Å². The van der Waals surface area contributed by atoms with Crippen LogP contribution in [0.5, 0.6) is 0 Å². The minimum absolute atomic E-state index is 0.454. The third-order valence-corrected chi connectivity index (χ3v) is 5.00. The van der Waals surface area contributed by atoms with Crippen molar-refractivity contribution < 1.29 is 0 Å². The van der Waals surface area contributed by atoms with Crippen LogP contribution < -0.4 is 5.32 Å². The predicted octanol–water partition coefficient (Wildman–Crippen LogP) is 3.19. The summed E-state index contributed by atoms with van der Waals surface area (Å²) in [7, 11) is 0. The van der Waals surface area contributed by atoms with Gasteiger partial charge in [-0.05, 0) is 56.5 Å². The lowest BCUT2D eigenvalue weighted by atomic mass is 9.93. The highest BCUT2D eigenvalue weighted by Crippen LogP contribution is 2.29. The van der Waals surface area contributed by atoms with E-state index >= 15 is 0 Å². The molecule has 2 bridgehead atoms. The Morgan fingerprint density at radius 3 is 2.72 bits per heavy atom. The number of nitrogens with zero attached hydrogens (tertiary/aromatic N) is 1. The molecule has 3 unspecified atom stereocenters. The van der Waals surface area contributed by atoms with Gasteiger partial charge in [0.25, 0.3) is 0 Å². The molecular weight excluding hydrogens is 288 g/mol. The second-order valence-electron chi connectivity index (χ2n) is 5.68. The maximum absolute atomic E-state index is 3.84. The summed E-state index contributed by atoms with van der Waals surface area (Å²) >= 11 is 3.49. The van der Waals surface area contributed by atoms with Crippen LogP contribution in [0.1, 0.15) is 31.4 Å². The molecule has 4 atom stereocenters. The molecule has 0 aromatic heterocycles. The van der Waals surface area contributed by atoms with E-state index in [9.17, 15) is 0 Å². The largest absolute Gasteiger partial charge is 0.307 e. The molecule has 2 aliphatic rings. The van der Waals surface area contributed by atoms with E-state index in [0.29, 0.717) is 12.1 Å². The molecule has 0 spiro atoms. The van der Waals surface area contributed by atoms with Crippen LogP contribution in [-0.2, 0) is 0 Å². The lowest BCUT2D eigenvalue weighted by molar-refractivity contribution is 0.212. The average molecular weight is 309 g/mol. The minimum Gasteiger partial charge on any atom is -0.307 e. The molecule has 0 amide bonds. The van der Waals surface area contributed by atoms with E-state index in [1.54, 1.807) is 0 Å². The molecule has 1 aromatic rings. The lowest BCUT2D eigenvalue weighted by Crippen LogP contribution is -2.44. The number of halogens is 1. The first kappa shape index (κ1) is 12.6. The molecule has 0 radical (unpaired) electrons. The van der Waals surface area contributed by atoms with E-state index in [1.165, 1.54) is 38.0 Å². The topological polar surface area (TPSA) is 15.3 Å². The Hall–Kier alpha value is -0.380. The van der Waals surface area contributed by atoms with E-state index in [1.807, 2.05) is 0 Å². The molecule has 2 heterocycles. The van der Waals surface area contributed by atoms with Gasteiger partial charge in [-0.2, -0.15) is 0 Å². The molecule has 18 heavy (non-hydrogen) atoms. The van der Waals surface area contributed by atoms with Gasteiger partial charge in [0.15, 0.2) is 0 Å². The number of hydrogen-bond donors (Lipinski definition) is 1.